The Balaban J connectivity index is 2.41. The number of aliphatic carboxylic acids is 1. The maximum atomic E-state index is 12.3. The predicted octanol–water partition coefficient (Wildman–Crippen LogP) is 3.23. The molecule has 1 heterocycles. The van der Waals surface area contributed by atoms with Gasteiger partial charge in [0.05, 0.1) is 6.04 Å². The fourth-order valence-electron chi connectivity index (χ4n) is 2.66. The Hall–Kier alpha value is -1.02. The van der Waals surface area contributed by atoms with Crippen molar-refractivity contribution in [3.8, 4) is 0 Å². The van der Waals surface area contributed by atoms with Crippen LogP contribution >= 0.6 is 21.6 Å². The van der Waals surface area contributed by atoms with Crippen LogP contribution in [0, 0.1) is 5.92 Å². The topological polar surface area (TPSA) is 101 Å². The summed E-state index contributed by atoms with van der Waals surface area (Å²) in [4.78, 5) is 46.6. The number of carbonyl (C=O) groups excluding carboxylic acids is 3. The summed E-state index contributed by atoms with van der Waals surface area (Å²) in [5, 5.41) is 12.2. The van der Waals surface area contributed by atoms with Gasteiger partial charge in [0, 0.05) is 36.2 Å². The molecule has 26 heavy (non-hydrogen) atoms. The van der Waals surface area contributed by atoms with Gasteiger partial charge in [0.2, 0.25) is 5.91 Å². The van der Waals surface area contributed by atoms with E-state index in [9.17, 15) is 19.2 Å². The number of carboxylic acid groups (broad SMARTS) is 1. The van der Waals surface area contributed by atoms with Crippen molar-refractivity contribution in [1.82, 2.24) is 5.32 Å². The Kier molecular flexibility index (Phi) is 11.0. The minimum atomic E-state index is -1.01. The van der Waals surface area contributed by atoms with Gasteiger partial charge in [-0.15, -0.1) is 0 Å². The molecule has 1 rings (SSSR count). The van der Waals surface area contributed by atoms with Crippen molar-refractivity contribution < 1.29 is 24.3 Å². The number of hydrogen-bond acceptors (Lipinski definition) is 6. The van der Waals surface area contributed by atoms with Crippen molar-refractivity contribution in [2.75, 3.05) is 5.75 Å². The zero-order valence-electron chi connectivity index (χ0n) is 15.5. The van der Waals surface area contributed by atoms with E-state index in [1.54, 1.807) is 6.92 Å². The summed E-state index contributed by atoms with van der Waals surface area (Å²) in [5.74, 6) is -0.830. The molecule has 0 aromatic heterocycles. The standard InChI is InChI=1S/C18H29NO5S2/c1-12(13(2)20)11-16(21)15(7-8-18(23)24)19-17(22)6-4-3-5-14-9-10-25-26-14/h12,14-15H,3-11H2,1-2H3,(H,19,22)(H,23,24). The Labute approximate surface area is 163 Å². The fourth-order valence-corrected chi connectivity index (χ4v) is 5.69. The molecule has 0 bridgehead atoms. The van der Waals surface area contributed by atoms with E-state index in [2.05, 4.69) is 5.32 Å². The number of carbonyl (C=O) groups is 4. The third-order valence-electron chi connectivity index (χ3n) is 4.48. The van der Waals surface area contributed by atoms with Gasteiger partial charge in [-0.05, 0) is 32.6 Å². The highest BCUT2D eigenvalue weighted by Crippen LogP contribution is 2.39. The lowest BCUT2D eigenvalue weighted by Crippen LogP contribution is -2.42. The number of ketones is 2. The molecule has 148 valence electrons. The van der Waals surface area contributed by atoms with E-state index in [0.717, 1.165) is 19.3 Å². The van der Waals surface area contributed by atoms with Crippen LogP contribution in [0.1, 0.15) is 65.2 Å². The smallest absolute Gasteiger partial charge is 0.303 e. The van der Waals surface area contributed by atoms with Crippen LogP contribution in [0.4, 0.5) is 0 Å². The van der Waals surface area contributed by atoms with Crippen LogP contribution in [0.25, 0.3) is 0 Å². The summed E-state index contributed by atoms with van der Waals surface area (Å²) < 4.78 is 0. The molecule has 1 aliphatic rings. The van der Waals surface area contributed by atoms with Crippen LogP contribution in [0.2, 0.25) is 0 Å². The first-order valence-electron chi connectivity index (χ1n) is 9.12. The number of nitrogens with one attached hydrogen (secondary N) is 1. The number of rotatable bonds is 13. The first-order chi connectivity index (χ1) is 12.3. The summed E-state index contributed by atoms with van der Waals surface area (Å²) in [7, 11) is 3.82. The van der Waals surface area contributed by atoms with Gasteiger partial charge in [-0.1, -0.05) is 34.9 Å². The molecule has 6 nitrogen and oxygen atoms in total. The van der Waals surface area contributed by atoms with Crippen molar-refractivity contribution in [2.45, 2.75) is 76.5 Å². The molecule has 0 saturated carbocycles. The molecule has 0 aromatic carbocycles. The van der Waals surface area contributed by atoms with Gasteiger partial charge in [-0.2, -0.15) is 0 Å². The van der Waals surface area contributed by atoms with E-state index >= 15 is 0 Å². The monoisotopic (exact) mass is 403 g/mol. The highest BCUT2D eigenvalue weighted by atomic mass is 33.1. The minimum Gasteiger partial charge on any atom is -0.481 e. The Morgan fingerprint density at radius 3 is 2.50 bits per heavy atom. The molecule has 0 aliphatic carbocycles. The van der Waals surface area contributed by atoms with E-state index in [1.807, 2.05) is 21.6 Å². The normalized spacial score (nSPS) is 18.9. The van der Waals surface area contributed by atoms with Crippen molar-refractivity contribution in [1.29, 1.82) is 0 Å². The second-order valence-electron chi connectivity index (χ2n) is 6.81. The zero-order chi connectivity index (χ0) is 19.5. The van der Waals surface area contributed by atoms with Gasteiger partial charge in [-0.25, -0.2) is 0 Å². The molecule has 1 aliphatic heterocycles. The molecular weight excluding hydrogens is 374 g/mol. The lowest BCUT2D eigenvalue weighted by Gasteiger charge is -2.18. The van der Waals surface area contributed by atoms with Gasteiger partial charge in [0.25, 0.3) is 0 Å². The molecule has 1 saturated heterocycles. The Bertz CT molecular complexity index is 506. The van der Waals surface area contributed by atoms with Crippen LogP contribution in [0.5, 0.6) is 0 Å². The molecule has 8 heteroatoms. The number of unbranched alkanes of at least 4 members (excludes halogenated alkanes) is 1. The molecule has 2 N–H and O–H groups in total. The number of carboxylic acids is 1. The largest absolute Gasteiger partial charge is 0.481 e. The third kappa shape index (κ3) is 9.62. The lowest BCUT2D eigenvalue weighted by molar-refractivity contribution is -0.138. The molecular formula is C18H29NO5S2. The summed E-state index contributed by atoms with van der Waals surface area (Å²) in [6.45, 7) is 3.08. The van der Waals surface area contributed by atoms with E-state index < -0.39 is 17.9 Å². The molecule has 1 fully saturated rings. The molecule has 0 spiro atoms. The quantitative estimate of drug-likeness (QED) is 0.360. The van der Waals surface area contributed by atoms with Crippen molar-refractivity contribution in [2.24, 2.45) is 5.92 Å². The minimum absolute atomic E-state index is 0.0243. The number of hydrogen-bond donors (Lipinski definition) is 2. The first-order valence-corrected chi connectivity index (χ1v) is 11.5. The van der Waals surface area contributed by atoms with Gasteiger partial charge < -0.3 is 10.4 Å². The first kappa shape index (κ1) is 23.0. The molecule has 3 atom stereocenters. The zero-order valence-corrected chi connectivity index (χ0v) is 17.1. The Morgan fingerprint density at radius 1 is 1.19 bits per heavy atom. The average Bonchev–Trinajstić information content (AvgIpc) is 3.08. The SMILES string of the molecule is CC(=O)C(C)CC(=O)C(CCC(=O)O)NC(=O)CCCCC1CCSS1. The van der Waals surface area contributed by atoms with Gasteiger partial charge in [0.1, 0.15) is 5.78 Å². The van der Waals surface area contributed by atoms with Crippen LogP contribution in [0.15, 0.2) is 0 Å². The second kappa shape index (κ2) is 12.4. The molecule has 0 radical (unpaired) electrons. The van der Waals surface area contributed by atoms with Crippen molar-refractivity contribution in [3.63, 3.8) is 0 Å². The predicted molar refractivity (Wildman–Crippen MR) is 105 cm³/mol. The number of amides is 1. The lowest BCUT2D eigenvalue weighted by atomic mass is 9.95. The van der Waals surface area contributed by atoms with Crippen molar-refractivity contribution in [3.05, 3.63) is 0 Å². The van der Waals surface area contributed by atoms with E-state index in [4.69, 9.17) is 5.11 Å². The third-order valence-corrected chi connectivity index (χ3v) is 7.49. The molecule has 0 aromatic rings. The van der Waals surface area contributed by atoms with Gasteiger partial charge in [0.15, 0.2) is 5.78 Å². The average molecular weight is 404 g/mol. The maximum Gasteiger partial charge on any atom is 0.303 e. The molecule has 1 amide bonds. The highest BCUT2D eigenvalue weighted by Gasteiger charge is 2.24. The van der Waals surface area contributed by atoms with E-state index in [0.29, 0.717) is 11.7 Å². The fraction of sp³-hybridized carbons (Fsp3) is 0.778. The van der Waals surface area contributed by atoms with Crippen molar-refractivity contribution >= 4 is 45.0 Å². The summed E-state index contributed by atoms with van der Waals surface area (Å²) in [6, 6.07) is -0.831. The van der Waals surface area contributed by atoms with Crippen LogP contribution in [-0.4, -0.2) is 45.6 Å². The second-order valence-corrected chi connectivity index (χ2v) is 9.60. The van der Waals surface area contributed by atoms with Crippen LogP contribution < -0.4 is 5.32 Å². The maximum absolute atomic E-state index is 12.3. The summed E-state index contributed by atoms with van der Waals surface area (Å²) in [5.41, 5.74) is 0. The summed E-state index contributed by atoms with van der Waals surface area (Å²) in [6.07, 6.45) is 4.28. The highest BCUT2D eigenvalue weighted by molar-refractivity contribution is 8.77. The van der Waals surface area contributed by atoms with E-state index in [-0.39, 0.29) is 36.7 Å². The van der Waals surface area contributed by atoms with Crippen LogP contribution in [0.3, 0.4) is 0 Å². The number of Topliss-reactive ketones (excluding diaryl/α,β-unsaturated/α-hetero) is 2. The van der Waals surface area contributed by atoms with Gasteiger partial charge >= 0.3 is 5.97 Å². The van der Waals surface area contributed by atoms with E-state index in [1.165, 1.54) is 19.1 Å². The Morgan fingerprint density at radius 2 is 1.92 bits per heavy atom. The molecule has 3 unspecified atom stereocenters. The summed E-state index contributed by atoms with van der Waals surface area (Å²) >= 11 is 0. The van der Waals surface area contributed by atoms with Gasteiger partial charge in [-0.3, -0.25) is 19.2 Å². The van der Waals surface area contributed by atoms with Crippen LogP contribution in [-0.2, 0) is 19.2 Å².